The van der Waals surface area contributed by atoms with Crippen molar-refractivity contribution in [1.29, 1.82) is 0 Å². The summed E-state index contributed by atoms with van der Waals surface area (Å²) in [5.41, 5.74) is 0.286. The number of likely N-dealkylation sites (tertiary alicyclic amines) is 1. The van der Waals surface area contributed by atoms with Crippen LogP contribution in [0.25, 0.3) is 0 Å². The van der Waals surface area contributed by atoms with Gasteiger partial charge in [0.15, 0.2) is 5.96 Å². The van der Waals surface area contributed by atoms with Gasteiger partial charge in [0.05, 0.1) is 6.54 Å². The zero-order valence-electron chi connectivity index (χ0n) is 19.5. The number of carbonyl (C=O) groups is 2. The number of nitrogens with one attached hydrogen (secondary N) is 2. The van der Waals surface area contributed by atoms with Gasteiger partial charge in [-0.15, -0.1) is 0 Å². The largest absolute Gasteiger partial charge is 0.444 e. The second kappa shape index (κ2) is 11.6. The third-order valence-corrected chi connectivity index (χ3v) is 5.10. The normalized spacial score (nSPS) is 15.4. The van der Waals surface area contributed by atoms with Gasteiger partial charge in [0.25, 0.3) is 0 Å². The summed E-state index contributed by atoms with van der Waals surface area (Å²) in [5.74, 6) is 1.03. The van der Waals surface area contributed by atoms with Gasteiger partial charge in [-0.2, -0.15) is 0 Å². The summed E-state index contributed by atoms with van der Waals surface area (Å²) in [6, 6.07) is 9.39. The Bertz CT molecular complexity index is 737. The van der Waals surface area contributed by atoms with E-state index in [1.807, 2.05) is 58.0 Å². The number of ether oxygens (including phenoxy) is 1. The molecule has 1 aliphatic rings. The smallest absolute Gasteiger partial charge is 0.410 e. The Morgan fingerprint density at radius 1 is 1.19 bits per heavy atom. The van der Waals surface area contributed by atoms with Crippen LogP contribution < -0.4 is 10.6 Å². The number of guanidine groups is 1. The third kappa shape index (κ3) is 8.47. The maximum atomic E-state index is 12.4. The first-order valence-corrected chi connectivity index (χ1v) is 11.0. The van der Waals surface area contributed by atoms with Gasteiger partial charge in [0, 0.05) is 38.9 Å². The molecule has 172 valence electrons. The van der Waals surface area contributed by atoms with Crippen LogP contribution in [0.15, 0.2) is 35.3 Å². The number of hydrogen-bond donors (Lipinski definition) is 2. The fourth-order valence-corrected chi connectivity index (χ4v) is 3.52. The molecular formula is C23H37N5O3. The zero-order chi connectivity index (χ0) is 22.9. The number of piperidine rings is 1. The van der Waals surface area contributed by atoms with Crippen molar-refractivity contribution in [1.82, 2.24) is 15.1 Å². The number of carbonyl (C=O) groups excluding carboxylic acids is 2. The molecule has 0 unspecified atom stereocenters. The Kier molecular flexibility index (Phi) is 9.15. The van der Waals surface area contributed by atoms with E-state index in [-0.39, 0.29) is 18.5 Å². The molecule has 0 aliphatic carbocycles. The van der Waals surface area contributed by atoms with Crippen molar-refractivity contribution in [2.75, 3.05) is 45.1 Å². The summed E-state index contributed by atoms with van der Waals surface area (Å²) in [4.78, 5) is 32.9. The van der Waals surface area contributed by atoms with Crippen LogP contribution >= 0.6 is 0 Å². The molecule has 1 heterocycles. The van der Waals surface area contributed by atoms with Gasteiger partial charge in [0.2, 0.25) is 5.91 Å². The second-order valence-corrected chi connectivity index (χ2v) is 8.76. The summed E-state index contributed by atoms with van der Waals surface area (Å²) in [7, 11) is 1.73. The first kappa shape index (κ1) is 24.5. The van der Waals surface area contributed by atoms with Crippen LogP contribution in [0, 0.1) is 5.92 Å². The van der Waals surface area contributed by atoms with Gasteiger partial charge in [-0.05, 0) is 58.6 Å². The number of nitrogens with zero attached hydrogens (tertiary/aromatic N) is 3. The highest BCUT2D eigenvalue weighted by Gasteiger charge is 2.27. The number of rotatable bonds is 6. The third-order valence-electron chi connectivity index (χ3n) is 5.10. The molecule has 0 atom stereocenters. The van der Waals surface area contributed by atoms with Gasteiger partial charge in [0.1, 0.15) is 5.60 Å². The molecule has 1 aromatic carbocycles. The first-order valence-electron chi connectivity index (χ1n) is 11.0. The molecule has 0 saturated carbocycles. The van der Waals surface area contributed by atoms with E-state index in [9.17, 15) is 9.59 Å². The van der Waals surface area contributed by atoms with Crippen molar-refractivity contribution in [2.45, 2.75) is 46.1 Å². The summed E-state index contributed by atoms with van der Waals surface area (Å²) in [6.45, 7) is 10.8. The molecule has 1 fully saturated rings. The molecule has 1 aliphatic heterocycles. The quantitative estimate of drug-likeness (QED) is 0.534. The fraction of sp³-hybridized carbons (Fsp3) is 0.609. The Morgan fingerprint density at radius 3 is 2.39 bits per heavy atom. The molecule has 0 bridgehead atoms. The highest BCUT2D eigenvalue weighted by molar-refractivity contribution is 5.94. The van der Waals surface area contributed by atoms with Crippen molar-refractivity contribution in [3.63, 3.8) is 0 Å². The van der Waals surface area contributed by atoms with Crippen molar-refractivity contribution in [3.8, 4) is 0 Å². The van der Waals surface area contributed by atoms with E-state index in [0.29, 0.717) is 19.0 Å². The van der Waals surface area contributed by atoms with Gasteiger partial charge < -0.3 is 25.2 Å². The van der Waals surface area contributed by atoms with Crippen LogP contribution in [0.1, 0.15) is 40.5 Å². The van der Waals surface area contributed by atoms with E-state index in [2.05, 4.69) is 20.5 Å². The van der Waals surface area contributed by atoms with E-state index >= 15 is 0 Å². The molecule has 0 radical (unpaired) electrons. The van der Waals surface area contributed by atoms with Crippen LogP contribution in [0.4, 0.5) is 10.5 Å². The Hall–Kier alpha value is -2.77. The number of benzene rings is 1. The van der Waals surface area contributed by atoms with E-state index < -0.39 is 5.60 Å². The van der Waals surface area contributed by atoms with Crippen molar-refractivity contribution < 1.29 is 14.3 Å². The molecule has 1 saturated heterocycles. The molecule has 8 heteroatoms. The molecule has 8 nitrogen and oxygen atoms in total. The predicted molar refractivity (Wildman–Crippen MR) is 124 cm³/mol. The summed E-state index contributed by atoms with van der Waals surface area (Å²) >= 11 is 0. The molecule has 2 rings (SSSR count). The van der Waals surface area contributed by atoms with Gasteiger partial charge in [-0.25, -0.2) is 4.79 Å². The van der Waals surface area contributed by atoms with Crippen molar-refractivity contribution in [3.05, 3.63) is 30.3 Å². The maximum Gasteiger partial charge on any atom is 0.410 e. The van der Waals surface area contributed by atoms with Crippen LogP contribution in [-0.4, -0.2) is 73.1 Å². The molecule has 0 aromatic heterocycles. The molecular weight excluding hydrogens is 394 g/mol. The highest BCUT2D eigenvalue weighted by atomic mass is 16.6. The van der Waals surface area contributed by atoms with Gasteiger partial charge >= 0.3 is 6.09 Å². The van der Waals surface area contributed by atoms with Crippen LogP contribution in [0.5, 0.6) is 0 Å². The predicted octanol–water partition coefficient (Wildman–Crippen LogP) is 3.17. The van der Waals surface area contributed by atoms with Gasteiger partial charge in [-0.3, -0.25) is 9.79 Å². The van der Waals surface area contributed by atoms with Crippen LogP contribution in [0.3, 0.4) is 0 Å². The first-order chi connectivity index (χ1) is 14.7. The summed E-state index contributed by atoms with van der Waals surface area (Å²) < 4.78 is 5.52. The lowest BCUT2D eigenvalue weighted by atomic mass is 9.96. The number of amides is 2. The molecule has 1 aromatic rings. The highest BCUT2D eigenvalue weighted by Crippen LogP contribution is 2.20. The van der Waals surface area contributed by atoms with Gasteiger partial charge in [-0.1, -0.05) is 18.2 Å². The van der Waals surface area contributed by atoms with E-state index in [4.69, 9.17) is 4.74 Å². The Morgan fingerprint density at radius 2 is 1.84 bits per heavy atom. The fourth-order valence-electron chi connectivity index (χ4n) is 3.52. The van der Waals surface area contributed by atoms with E-state index in [1.54, 1.807) is 11.9 Å². The lowest BCUT2D eigenvalue weighted by Crippen LogP contribution is -2.49. The topological polar surface area (TPSA) is 86.3 Å². The zero-order valence-corrected chi connectivity index (χ0v) is 19.5. The minimum Gasteiger partial charge on any atom is -0.444 e. The molecule has 31 heavy (non-hydrogen) atoms. The van der Waals surface area contributed by atoms with Crippen LogP contribution in [-0.2, 0) is 9.53 Å². The summed E-state index contributed by atoms with van der Waals surface area (Å²) in [6.07, 6.45) is 1.66. The standard InChI is InChI=1S/C23H37N5O3/c1-6-27(22(30)31-23(2,3)4)17-18-12-14-28(15-13-18)21(24-5)25-16-20(29)26-19-10-8-7-9-11-19/h7-11,18H,6,12-17H2,1-5H3,(H,24,25)(H,26,29). The Balaban J connectivity index is 1.78. The lowest BCUT2D eigenvalue weighted by Gasteiger charge is -2.36. The maximum absolute atomic E-state index is 12.4. The number of aliphatic imine (C=N–C) groups is 1. The molecule has 2 amide bonds. The molecule has 0 spiro atoms. The molecule has 2 N–H and O–H groups in total. The van der Waals surface area contributed by atoms with Crippen LogP contribution in [0.2, 0.25) is 0 Å². The number of anilines is 1. The van der Waals surface area contributed by atoms with E-state index in [1.165, 1.54) is 0 Å². The van der Waals surface area contributed by atoms with Crippen molar-refractivity contribution >= 4 is 23.6 Å². The monoisotopic (exact) mass is 431 g/mol. The Labute approximate surface area is 186 Å². The lowest BCUT2D eigenvalue weighted by molar-refractivity contribution is -0.115. The average molecular weight is 432 g/mol. The minimum absolute atomic E-state index is 0.113. The SMILES string of the molecule is CCN(CC1CCN(C(=NC)NCC(=O)Nc2ccccc2)CC1)C(=O)OC(C)(C)C. The summed E-state index contributed by atoms with van der Waals surface area (Å²) in [5, 5.41) is 6.01. The number of hydrogen-bond acceptors (Lipinski definition) is 4. The minimum atomic E-state index is -0.487. The van der Waals surface area contributed by atoms with Crippen molar-refractivity contribution in [2.24, 2.45) is 10.9 Å². The average Bonchev–Trinajstić information content (AvgIpc) is 2.72. The van der Waals surface area contributed by atoms with E-state index in [0.717, 1.165) is 37.6 Å². The second-order valence-electron chi connectivity index (χ2n) is 8.76. The number of para-hydroxylation sites is 1.